The number of aromatic amines is 1. The average Bonchev–Trinajstić information content (AvgIpc) is 3.18. The van der Waals surface area contributed by atoms with Gasteiger partial charge in [0.1, 0.15) is 5.52 Å². The van der Waals surface area contributed by atoms with E-state index < -0.39 is 0 Å². The van der Waals surface area contributed by atoms with Gasteiger partial charge in [0.25, 0.3) is 5.91 Å². The van der Waals surface area contributed by atoms with Crippen molar-refractivity contribution < 1.29 is 4.79 Å². The Morgan fingerprint density at radius 3 is 3.11 bits per heavy atom. The molecule has 0 saturated heterocycles. The first-order valence-electron chi connectivity index (χ1n) is 6.92. The maximum atomic E-state index is 12.1. The van der Waals surface area contributed by atoms with Gasteiger partial charge in [0.2, 0.25) is 0 Å². The van der Waals surface area contributed by atoms with Crippen molar-refractivity contribution in [1.82, 2.24) is 20.3 Å². The van der Waals surface area contributed by atoms with Crippen molar-refractivity contribution in [3.8, 4) is 0 Å². The Bertz CT molecular complexity index is 601. The summed E-state index contributed by atoms with van der Waals surface area (Å²) in [4.78, 5) is 24.0. The lowest BCUT2D eigenvalue weighted by Gasteiger charge is -2.03. The van der Waals surface area contributed by atoms with Crippen LogP contribution in [0, 0.1) is 0 Å². The number of unbranched alkanes of at least 4 members (excludes halogenated alkanes) is 1. The summed E-state index contributed by atoms with van der Waals surface area (Å²) in [6, 6.07) is 0. The topological polar surface area (TPSA) is 70.7 Å². The zero-order valence-electron chi connectivity index (χ0n) is 11.1. The van der Waals surface area contributed by atoms with Gasteiger partial charge < -0.3 is 10.3 Å². The largest absolute Gasteiger partial charge is 0.352 e. The Morgan fingerprint density at radius 1 is 1.53 bits per heavy atom. The molecule has 0 atom stereocenters. The summed E-state index contributed by atoms with van der Waals surface area (Å²) in [6.45, 7) is 2.81. The van der Waals surface area contributed by atoms with E-state index >= 15 is 0 Å². The Kier molecular flexibility index (Phi) is 3.19. The zero-order chi connectivity index (χ0) is 13.2. The van der Waals surface area contributed by atoms with Crippen molar-refractivity contribution in [1.29, 1.82) is 0 Å². The number of rotatable bonds is 5. The van der Waals surface area contributed by atoms with Crippen LogP contribution >= 0.6 is 0 Å². The molecule has 0 aliphatic heterocycles. The van der Waals surface area contributed by atoms with Gasteiger partial charge in [-0.2, -0.15) is 0 Å². The molecule has 1 amide bonds. The average molecular weight is 258 g/mol. The molecule has 0 aromatic carbocycles. The van der Waals surface area contributed by atoms with Crippen LogP contribution in [0.1, 0.15) is 54.6 Å². The summed E-state index contributed by atoms with van der Waals surface area (Å²) in [5.41, 5.74) is 2.99. The van der Waals surface area contributed by atoms with Crippen LogP contribution in [0.3, 0.4) is 0 Å². The summed E-state index contributed by atoms with van der Waals surface area (Å²) < 4.78 is 0. The van der Waals surface area contributed by atoms with Crippen LogP contribution in [0.4, 0.5) is 0 Å². The van der Waals surface area contributed by atoms with Crippen molar-refractivity contribution in [2.24, 2.45) is 0 Å². The van der Waals surface area contributed by atoms with E-state index in [1.54, 1.807) is 6.20 Å². The standard InChI is InChI=1S/C14H18N4O/c1-2-3-6-15-14(19)10-7-16-13-12(10)18-11(8-17-13)9-4-5-9/h7-9H,2-6H2,1H3,(H,15,19)(H,16,17). The first kappa shape index (κ1) is 12.1. The molecule has 2 N–H and O–H groups in total. The number of hydrogen-bond donors (Lipinski definition) is 2. The number of fused-ring (bicyclic) bond motifs is 1. The molecule has 5 heteroatoms. The van der Waals surface area contributed by atoms with Gasteiger partial charge in [0, 0.05) is 18.7 Å². The smallest absolute Gasteiger partial charge is 0.255 e. The van der Waals surface area contributed by atoms with Crippen LogP contribution in [0.15, 0.2) is 12.4 Å². The lowest BCUT2D eigenvalue weighted by Crippen LogP contribution is -2.24. The third-order valence-electron chi connectivity index (χ3n) is 3.46. The molecule has 0 unspecified atom stereocenters. The third kappa shape index (κ3) is 2.45. The van der Waals surface area contributed by atoms with Crippen LogP contribution in [0.5, 0.6) is 0 Å². The molecule has 0 radical (unpaired) electrons. The van der Waals surface area contributed by atoms with Gasteiger partial charge in [-0.15, -0.1) is 0 Å². The molecule has 2 heterocycles. The number of H-pyrrole nitrogens is 1. The maximum absolute atomic E-state index is 12.1. The first-order chi connectivity index (χ1) is 9.29. The Morgan fingerprint density at radius 2 is 2.37 bits per heavy atom. The number of carbonyl (C=O) groups excluding carboxylic acids is 1. The number of nitrogens with zero attached hydrogens (tertiary/aromatic N) is 2. The highest BCUT2D eigenvalue weighted by Gasteiger charge is 2.26. The van der Waals surface area contributed by atoms with Gasteiger partial charge in [-0.05, 0) is 19.3 Å². The molecule has 1 aliphatic carbocycles. The Labute approximate surface area is 111 Å². The van der Waals surface area contributed by atoms with Crippen molar-refractivity contribution in [2.75, 3.05) is 6.54 Å². The zero-order valence-corrected chi connectivity index (χ0v) is 11.1. The molecule has 5 nitrogen and oxygen atoms in total. The minimum absolute atomic E-state index is 0.0676. The molecule has 3 rings (SSSR count). The van der Waals surface area contributed by atoms with Gasteiger partial charge in [-0.25, -0.2) is 9.97 Å². The quantitative estimate of drug-likeness (QED) is 0.809. The molecule has 2 aromatic rings. The van der Waals surface area contributed by atoms with Crippen LogP contribution in [0.25, 0.3) is 11.2 Å². The number of amides is 1. The summed E-state index contributed by atoms with van der Waals surface area (Å²) in [5.74, 6) is 0.477. The lowest BCUT2D eigenvalue weighted by atomic mass is 10.2. The van der Waals surface area contributed by atoms with Gasteiger partial charge in [0.15, 0.2) is 5.65 Å². The van der Waals surface area contributed by atoms with Crippen LogP contribution in [-0.2, 0) is 0 Å². The van der Waals surface area contributed by atoms with E-state index in [4.69, 9.17) is 0 Å². The molecule has 100 valence electrons. The van der Waals surface area contributed by atoms with Crippen molar-refractivity contribution in [3.63, 3.8) is 0 Å². The molecular formula is C14H18N4O. The second kappa shape index (κ2) is 4.99. The monoisotopic (exact) mass is 258 g/mol. The fraction of sp³-hybridized carbons (Fsp3) is 0.500. The van der Waals surface area contributed by atoms with Crippen molar-refractivity contribution >= 4 is 17.1 Å². The molecule has 1 fully saturated rings. The number of nitrogens with one attached hydrogen (secondary N) is 2. The second-order valence-corrected chi connectivity index (χ2v) is 5.08. The highest BCUT2D eigenvalue weighted by Crippen LogP contribution is 2.39. The highest BCUT2D eigenvalue weighted by molar-refractivity contribution is 6.04. The number of aromatic nitrogens is 3. The summed E-state index contributed by atoms with van der Waals surface area (Å²) >= 11 is 0. The molecule has 19 heavy (non-hydrogen) atoms. The van der Waals surface area contributed by atoms with Crippen LogP contribution in [-0.4, -0.2) is 27.4 Å². The van der Waals surface area contributed by atoms with E-state index in [-0.39, 0.29) is 5.91 Å². The van der Waals surface area contributed by atoms with E-state index in [1.807, 2.05) is 6.20 Å². The summed E-state index contributed by atoms with van der Waals surface area (Å²) in [6.07, 6.45) is 7.94. The van der Waals surface area contributed by atoms with Gasteiger partial charge in [-0.1, -0.05) is 13.3 Å². The molecule has 0 spiro atoms. The van der Waals surface area contributed by atoms with Gasteiger partial charge >= 0.3 is 0 Å². The van der Waals surface area contributed by atoms with Crippen LogP contribution in [0.2, 0.25) is 0 Å². The van der Waals surface area contributed by atoms with E-state index in [9.17, 15) is 4.79 Å². The summed E-state index contributed by atoms with van der Waals surface area (Å²) in [5, 5.41) is 2.92. The van der Waals surface area contributed by atoms with E-state index in [2.05, 4.69) is 27.2 Å². The third-order valence-corrected chi connectivity index (χ3v) is 3.46. The fourth-order valence-corrected chi connectivity index (χ4v) is 2.13. The fourth-order valence-electron chi connectivity index (χ4n) is 2.13. The molecule has 1 saturated carbocycles. The first-order valence-corrected chi connectivity index (χ1v) is 6.92. The van der Waals surface area contributed by atoms with Crippen molar-refractivity contribution in [2.45, 2.75) is 38.5 Å². The predicted molar refractivity (Wildman–Crippen MR) is 73.1 cm³/mol. The highest BCUT2D eigenvalue weighted by atomic mass is 16.1. The molecular weight excluding hydrogens is 240 g/mol. The predicted octanol–water partition coefficient (Wildman–Crippen LogP) is 2.37. The summed E-state index contributed by atoms with van der Waals surface area (Å²) in [7, 11) is 0. The molecule has 1 aliphatic rings. The maximum Gasteiger partial charge on any atom is 0.255 e. The minimum Gasteiger partial charge on any atom is -0.352 e. The normalized spacial score (nSPS) is 14.8. The van der Waals surface area contributed by atoms with E-state index in [1.165, 1.54) is 12.8 Å². The van der Waals surface area contributed by atoms with Crippen molar-refractivity contribution in [3.05, 3.63) is 23.7 Å². The molecule has 0 bridgehead atoms. The van der Waals surface area contributed by atoms with Gasteiger partial charge in [-0.3, -0.25) is 4.79 Å². The van der Waals surface area contributed by atoms with E-state index in [0.29, 0.717) is 29.2 Å². The SMILES string of the molecule is CCCCNC(=O)c1c[nH]c2ncc(C3CC3)nc12. The van der Waals surface area contributed by atoms with E-state index in [0.717, 1.165) is 18.5 Å². The minimum atomic E-state index is -0.0676. The van der Waals surface area contributed by atoms with Gasteiger partial charge in [0.05, 0.1) is 17.5 Å². The van der Waals surface area contributed by atoms with Crippen LogP contribution < -0.4 is 5.32 Å². The Hall–Kier alpha value is -1.91. The molecule has 2 aromatic heterocycles. The lowest BCUT2D eigenvalue weighted by molar-refractivity contribution is 0.0954. The second-order valence-electron chi connectivity index (χ2n) is 5.08. The Balaban J connectivity index is 1.85. The number of carbonyl (C=O) groups is 1. The number of hydrogen-bond acceptors (Lipinski definition) is 3.